The van der Waals surface area contributed by atoms with E-state index in [-0.39, 0.29) is 32.3 Å². The van der Waals surface area contributed by atoms with Gasteiger partial charge in [0.15, 0.2) is 0 Å². The van der Waals surface area contributed by atoms with Crippen LogP contribution in [0.25, 0.3) is 0 Å². The van der Waals surface area contributed by atoms with Crippen LogP contribution in [0.1, 0.15) is 194 Å². The summed E-state index contributed by atoms with van der Waals surface area (Å²) in [7, 11) is -4.28. The van der Waals surface area contributed by atoms with Crippen LogP contribution in [0.4, 0.5) is 0 Å². The molecule has 9 heteroatoms. The van der Waals surface area contributed by atoms with Gasteiger partial charge in [0, 0.05) is 19.6 Å². The van der Waals surface area contributed by atoms with Crippen molar-refractivity contribution < 1.29 is 32.8 Å². The quantitative estimate of drug-likeness (QED) is 0.0272. The summed E-state index contributed by atoms with van der Waals surface area (Å²) >= 11 is 0. The number of allylic oxidation sites excluding steroid dienone is 8. The van der Waals surface area contributed by atoms with Gasteiger partial charge in [-0.1, -0.05) is 165 Å². The Bertz CT molecular complexity index is 968. The molecule has 0 fully saturated rings. The zero-order valence-electron chi connectivity index (χ0n) is 35.0. The van der Waals surface area contributed by atoms with E-state index in [0.29, 0.717) is 13.0 Å². The minimum absolute atomic E-state index is 0.0961. The molecule has 0 heterocycles. The molecule has 0 saturated carbocycles. The number of carbonyl (C=O) groups excluding carboxylic acids is 1. The number of esters is 1. The lowest BCUT2D eigenvalue weighted by atomic mass is 10.1. The number of unbranched alkanes of at least 4 members (excludes halogenated alkanes) is 21. The van der Waals surface area contributed by atoms with Crippen LogP contribution in [0.15, 0.2) is 48.6 Å². The summed E-state index contributed by atoms with van der Waals surface area (Å²) in [5.74, 6) is -0.347. The summed E-state index contributed by atoms with van der Waals surface area (Å²) in [4.78, 5) is 22.4. The van der Waals surface area contributed by atoms with Crippen molar-refractivity contribution in [2.24, 2.45) is 5.73 Å². The molecule has 0 aliphatic heterocycles. The SMILES string of the molecule is CCC/C=C\C/C=C\CCCCCCCC(=O)OC(COCCCCCCCCCCCC/C=C\C/C=C\CCCCCCC)COP(=O)(O)OCCN. The molecule has 0 rings (SSSR count). The van der Waals surface area contributed by atoms with E-state index in [9.17, 15) is 14.3 Å². The first-order valence-corrected chi connectivity index (χ1v) is 23.6. The van der Waals surface area contributed by atoms with Crippen LogP contribution in [0, 0.1) is 0 Å². The van der Waals surface area contributed by atoms with Crippen LogP contribution in [-0.2, 0) is 27.9 Å². The van der Waals surface area contributed by atoms with Crippen molar-refractivity contribution >= 4 is 13.8 Å². The minimum atomic E-state index is -4.28. The Kier molecular flexibility index (Phi) is 41.4. The largest absolute Gasteiger partial charge is 0.472 e. The fourth-order valence-electron chi connectivity index (χ4n) is 5.95. The Labute approximate surface area is 332 Å². The molecular weight excluding hydrogens is 697 g/mol. The van der Waals surface area contributed by atoms with Crippen LogP contribution < -0.4 is 5.73 Å². The average molecular weight is 782 g/mol. The lowest BCUT2D eigenvalue weighted by Gasteiger charge is -2.20. The molecule has 0 aromatic heterocycles. The van der Waals surface area contributed by atoms with Crippen molar-refractivity contribution in [3.05, 3.63) is 48.6 Å². The number of phosphoric acid groups is 1. The van der Waals surface area contributed by atoms with Crippen molar-refractivity contribution in [2.75, 3.05) is 33.0 Å². The maximum absolute atomic E-state index is 12.6. The molecular formula is C45H84NO7P. The maximum atomic E-state index is 12.6. The molecule has 54 heavy (non-hydrogen) atoms. The smallest absolute Gasteiger partial charge is 0.457 e. The molecule has 0 aromatic rings. The lowest BCUT2D eigenvalue weighted by molar-refractivity contribution is -0.154. The zero-order valence-corrected chi connectivity index (χ0v) is 35.8. The van der Waals surface area contributed by atoms with Crippen molar-refractivity contribution in [3.8, 4) is 0 Å². The zero-order chi connectivity index (χ0) is 39.5. The maximum Gasteiger partial charge on any atom is 0.472 e. The molecule has 3 N–H and O–H groups in total. The van der Waals surface area contributed by atoms with Crippen LogP contribution in [0.2, 0.25) is 0 Å². The molecule has 0 spiro atoms. The second-order valence-electron chi connectivity index (χ2n) is 14.6. The summed E-state index contributed by atoms with van der Waals surface area (Å²) in [5, 5.41) is 0. The molecule has 8 nitrogen and oxygen atoms in total. The average Bonchev–Trinajstić information content (AvgIpc) is 3.16. The predicted octanol–water partition coefficient (Wildman–Crippen LogP) is 13.2. The highest BCUT2D eigenvalue weighted by Gasteiger charge is 2.25. The Morgan fingerprint density at radius 2 is 1.02 bits per heavy atom. The first kappa shape index (κ1) is 52.5. The summed E-state index contributed by atoms with van der Waals surface area (Å²) in [6.45, 7) is 4.82. The first-order valence-electron chi connectivity index (χ1n) is 22.1. The second-order valence-corrected chi connectivity index (χ2v) is 16.0. The van der Waals surface area contributed by atoms with E-state index in [1.165, 1.54) is 103 Å². The number of rotatable bonds is 42. The fourth-order valence-corrected chi connectivity index (χ4v) is 6.71. The molecule has 0 aromatic carbocycles. The Balaban J connectivity index is 3.99. The van der Waals surface area contributed by atoms with E-state index in [0.717, 1.165) is 70.6 Å². The molecule has 316 valence electrons. The highest BCUT2D eigenvalue weighted by Crippen LogP contribution is 2.43. The number of hydrogen-bond acceptors (Lipinski definition) is 7. The summed E-state index contributed by atoms with van der Waals surface area (Å²) in [6.07, 6.45) is 49.9. The number of nitrogens with two attached hydrogens (primary N) is 1. The highest BCUT2D eigenvalue weighted by atomic mass is 31.2. The van der Waals surface area contributed by atoms with Crippen LogP contribution in [0.5, 0.6) is 0 Å². The predicted molar refractivity (Wildman–Crippen MR) is 229 cm³/mol. The number of phosphoric ester groups is 1. The molecule has 0 saturated heterocycles. The van der Waals surface area contributed by atoms with Crippen LogP contribution >= 0.6 is 7.82 Å². The van der Waals surface area contributed by atoms with Gasteiger partial charge in [0.2, 0.25) is 0 Å². The van der Waals surface area contributed by atoms with Crippen LogP contribution in [0.3, 0.4) is 0 Å². The summed E-state index contributed by atoms with van der Waals surface area (Å²) in [5.41, 5.74) is 5.37. The van der Waals surface area contributed by atoms with E-state index in [2.05, 4.69) is 62.5 Å². The Morgan fingerprint density at radius 1 is 0.556 bits per heavy atom. The molecule has 2 unspecified atom stereocenters. The molecule has 0 radical (unpaired) electrons. The van der Waals surface area contributed by atoms with E-state index in [4.69, 9.17) is 24.3 Å². The molecule has 0 amide bonds. The molecule has 0 aliphatic rings. The lowest BCUT2D eigenvalue weighted by Crippen LogP contribution is -2.28. The van der Waals surface area contributed by atoms with E-state index in [1.54, 1.807) is 0 Å². The van der Waals surface area contributed by atoms with Gasteiger partial charge in [-0.2, -0.15) is 0 Å². The standard InChI is InChI=1S/C45H84NO7P/c1-3-5-7-9-11-13-15-17-18-19-20-21-22-23-24-25-27-29-31-33-35-37-40-50-42-44(43-52-54(48,49)51-41-39-46)53-45(47)38-36-34-32-30-28-26-16-14-12-10-8-6-4-2/h8,10,14-17,19-20,44H,3-7,9,11-13,18,21-43,46H2,1-2H3,(H,48,49)/b10-8-,16-14-,17-15-,20-19-. The highest BCUT2D eigenvalue weighted by molar-refractivity contribution is 7.47. The van der Waals surface area contributed by atoms with Gasteiger partial charge in [-0.05, 0) is 70.6 Å². The number of carbonyl (C=O) groups is 1. The Hall–Kier alpha value is -1.54. The van der Waals surface area contributed by atoms with Gasteiger partial charge < -0.3 is 20.1 Å². The normalized spacial score (nSPS) is 13.9. The van der Waals surface area contributed by atoms with E-state index in [1.807, 2.05) is 0 Å². The van der Waals surface area contributed by atoms with Gasteiger partial charge in [-0.3, -0.25) is 13.8 Å². The topological polar surface area (TPSA) is 117 Å². The van der Waals surface area contributed by atoms with E-state index < -0.39 is 13.9 Å². The Morgan fingerprint density at radius 3 is 1.52 bits per heavy atom. The van der Waals surface area contributed by atoms with Gasteiger partial charge in [-0.25, -0.2) is 4.57 Å². The van der Waals surface area contributed by atoms with Crippen molar-refractivity contribution in [1.82, 2.24) is 0 Å². The van der Waals surface area contributed by atoms with Gasteiger partial charge in [0.1, 0.15) is 6.10 Å². The summed E-state index contributed by atoms with van der Waals surface area (Å²) < 4.78 is 33.4. The van der Waals surface area contributed by atoms with Gasteiger partial charge in [0.25, 0.3) is 0 Å². The molecule has 2 atom stereocenters. The second kappa shape index (κ2) is 42.6. The third-order valence-electron chi connectivity index (χ3n) is 9.20. The van der Waals surface area contributed by atoms with E-state index >= 15 is 0 Å². The number of ether oxygens (including phenoxy) is 2. The third kappa shape index (κ3) is 41.6. The third-order valence-corrected chi connectivity index (χ3v) is 10.2. The summed E-state index contributed by atoms with van der Waals surface area (Å²) in [6, 6.07) is 0. The van der Waals surface area contributed by atoms with Crippen LogP contribution in [-0.4, -0.2) is 49.9 Å². The fraction of sp³-hybridized carbons (Fsp3) is 0.800. The van der Waals surface area contributed by atoms with Gasteiger partial charge >= 0.3 is 13.8 Å². The first-order chi connectivity index (χ1) is 26.4. The van der Waals surface area contributed by atoms with Crippen molar-refractivity contribution in [2.45, 2.75) is 200 Å². The van der Waals surface area contributed by atoms with Gasteiger partial charge in [0.05, 0.1) is 19.8 Å². The minimum Gasteiger partial charge on any atom is -0.457 e. The van der Waals surface area contributed by atoms with Crippen molar-refractivity contribution in [1.29, 1.82) is 0 Å². The monoisotopic (exact) mass is 782 g/mol. The van der Waals surface area contributed by atoms with Crippen molar-refractivity contribution in [3.63, 3.8) is 0 Å². The molecule has 0 aliphatic carbocycles. The molecule has 0 bridgehead atoms. The van der Waals surface area contributed by atoms with Gasteiger partial charge in [-0.15, -0.1) is 0 Å². The number of hydrogen-bond donors (Lipinski definition) is 2.